The number of hydrogen-bond donors (Lipinski definition) is 0. The molecular weight excluding hydrogens is 997 g/mol. The normalized spacial score (nSPS) is 12.0. The maximum atomic E-state index is 12.9. The first-order valence-corrected chi connectivity index (χ1v) is 37.2. The molecule has 0 saturated heterocycles. The average Bonchev–Trinajstić information content (AvgIpc) is 3.47. The van der Waals surface area contributed by atoms with Crippen LogP contribution in [0.5, 0.6) is 0 Å². The fourth-order valence-electron chi connectivity index (χ4n) is 11.7. The van der Waals surface area contributed by atoms with Crippen LogP contribution in [0.15, 0.2) is 12.2 Å². The zero-order valence-electron chi connectivity index (χ0n) is 55.4. The molecular formula is C75H144O6. The Morgan fingerprint density at radius 1 is 0.235 bits per heavy atom. The number of esters is 3. The Labute approximate surface area is 507 Å². The second kappa shape index (κ2) is 70.6. The van der Waals surface area contributed by atoms with Gasteiger partial charge in [-0.25, -0.2) is 0 Å². The summed E-state index contributed by atoms with van der Waals surface area (Å²) in [7, 11) is 0. The van der Waals surface area contributed by atoms with Gasteiger partial charge in [-0.3, -0.25) is 14.4 Å². The van der Waals surface area contributed by atoms with Crippen molar-refractivity contribution in [2.45, 2.75) is 438 Å². The van der Waals surface area contributed by atoms with Crippen LogP contribution >= 0.6 is 0 Å². The van der Waals surface area contributed by atoms with Gasteiger partial charge in [0.05, 0.1) is 0 Å². The van der Waals surface area contributed by atoms with Gasteiger partial charge in [0.15, 0.2) is 6.10 Å². The molecule has 0 fully saturated rings. The van der Waals surface area contributed by atoms with E-state index in [4.69, 9.17) is 14.2 Å². The number of hydrogen-bond acceptors (Lipinski definition) is 6. The summed E-state index contributed by atoms with van der Waals surface area (Å²) in [5.41, 5.74) is 0. The van der Waals surface area contributed by atoms with Crippen LogP contribution in [0.2, 0.25) is 0 Å². The van der Waals surface area contributed by atoms with Gasteiger partial charge >= 0.3 is 17.9 Å². The Balaban J connectivity index is 4.06. The van der Waals surface area contributed by atoms with Crippen LogP contribution in [-0.4, -0.2) is 37.2 Å². The summed E-state index contributed by atoms with van der Waals surface area (Å²) in [6.07, 6.45) is 85.6. The molecule has 0 rings (SSSR count). The van der Waals surface area contributed by atoms with E-state index < -0.39 is 6.10 Å². The molecule has 0 aromatic heterocycles. The molecule has 0 bridgehead atoms. The summed E-state index contributed by atoms with van der Waals surface area (Å²) in [4.78, 5) is 38.4. The minimum atomic E-state index is -0.768. The molecule has 0 aromatic rings. The predicted molar refractivity (Wildman–Crippen MR) is 353 cm³/mol. The van der Waals surface area contributed by atoms with E-state index in [0.29, 0.717) is 19.3 Å². The molecule has 81 heavy (non-hydrogen) atoms. The lowest BCUT2D eigenvalue weighted by atomic mass is 10.0. The highest BCUT2D eigenvalue weighted by Crippen LogP contribution is 2.20. The van der Waals surface area contributed by atoms with Crippen LogP contribution in [0.1, 0.15) is 432 Å². The first-order chi connectivity index (χ1) is 40.0. The standard InChI is InChI=1S/C75H144O6/c1-4-7-10-13-16-19-22-25-27-29-31-32-33-34-35-36-37-38-39-40-41-42-43-44-45-47-48-50-53-56-59-62-65-68-74(77)80-71-72(70-79-73(76)67-64-61-58-55-52-24-21-18-15-12-9-6-3)81-75(78)69-66-63-60-57-54-51-49-46-30-28-26-23-20-17-14-11-8-5-2/h28,30,72H,4-27,29,31-71H2,1-3H3/b30-28-. The number of rotatable bonds is 70. The van der Waals surface area contributed by atoms with Crippen molar-refractivity contribution in [2.75, 3.05) is 13.2 Å². The summed E-state index contributed by atoms with van der Waals surface area (Å²) in [6.45, 7) is 6.72. The van der Waals surface area contributed by atoms with Crippen molar-refractivity contribution in [3.8, 4) is 0 Å². The summed E-state index contributed by atoms with van der Waals surface area (Å²) >= 11 is 0. The summed E-state index contributed by atoms with van der Waals surface area (Å²) in [5, 5.41) is 0. The van der Waals surface area contributed by atoms with E-state index in [0.717, 1.165) is 57.8 Å². The van der Waals surface area contributed by atoms with E-state index in [2.05, 4.69) is 32.9 Å². The van der Waals surface area contributed by atoms with Gasteiger partial charge in [0.25, 0.3) is 0 Å². The first kappa shape index (κ1) is 79.2. The molecule has 0 aliphatic heterocycles. The van der Waals surface area contributed by atoms with E-state index in [9.17, 15) is 14.4 Å². The van der Waals surface area contributed by atoms with Crippen LogP contribution in [0.25, 0.3) is 0 Å². The number of allylic oxidation sites excluding steroid dienone is 2. The Kier molecular flexibility index (Phi) is 69.0. The monoisotopic (exact) mass is 1140 g/mol. The maximum Gasteiger partial charge on any atom is 0.306 e. The molecule has 6 heteroatoms. The van der Waals surface area contributed by atoms with Crippen molar-refractivity contribution < 1.29 is 28.6 Å². The van der Waals surface area contributed by atoms with Gasteiger partial charge in [-0.1, -0.05) is 380 Å². The average molecular weight is 1140 g/mol. The van der Waals surface area contributed by atoms with Crippen molar-refractivity contribution >= 4 is 17.9 Å². The van der Waals surface area contributed by atoms with Gasteiger partial charge in [0.1, 0.15) is 13.2 Å². The fraction of sp³-hybridized carbons (Fsp3) is 0.933. The van der Waals surface area contributed by atoms with Crippen molar-refractivity contribution in [3.63, 3.8) is 0 Å². The topological polar surface area (TPSA) is 78.9 Å². The number of ether oxygens (including phenoxy) is 3. The minimum Gasteiger partial charge on any atom is -0.462 e. The minimum absolute atomic E-state index is 0.0651. The molecule has 0 heterocycles. The van der Waals surface area contributed by atoms with Crippen LogP contribution in [0, 0.1) is 0 Å². The Hall–Kier alpha value is -1.85. The Morgan fingerprint density at radius 2 is 0.407 bits per heavy atom. The van der Waals surface area contributed by atoms with E-state index >= 15 is 0 Å². The molecule has 0 N–H and O–H groups in total. The molecule has 0 radical (unpaired) electrons. The van der Waals surface area contributed by atoms with Crippen molar-refractivity contribution in [3.05, 3.63) is 12.2 Å². The third-order valence-corrected chi connectivity index (χ3v) is 17.3. The van der Waals surface area contributed by atoms with Crippen molar-refractivity contribution in [2.24, 2.45) is 0 Å². The second-order valence-corrected chi connectivity index (χ2v) is 25.6. The first-order valence-electron chi connectivity index (χ1n) is 37.2. The van der Waals surface area contributed by atoms with Gasteiger partial charge in [0.2, 0.25) is 0 Å². The Morgan fingerprint density at radius 3 is 0.617 bits per heavy atom. The van der Waals surface area contributed by atoms with E-state index in [1.54, 1.807) is 0 Å². The molecule has 6 nitrogen and oxygen atoms in total. The smallest absolute Gasteiger partial charge is 0.306 e. The van der Waals surface area contributed by atoms with Crippen LogP contribution in [0.3, 0.4) is 0 Å². The van der Waals surface area contributed by atoms with Crippen LogP contribution < -0.4 is 0 Å². The molecule has 0 saturated carbocycles. The molecule has 480 valence electrons. The molecule has 0 amide bonds. The molecule has 0 aliphatic rings. The van der Waals surface area contributed by atoms with E-state index in [1.807, 2.05) is 0 Å². The van der Waals surface area contributed by atoms with Crippen molar-refractivity contribution in [1.29, 1.82) is 0 Å². The number of unbranched alkanes of at least 4 members (excludes halogenated alkanes) is 57. The van der Waals surface area contributed by atoms with Gasteiger partial charge in [-0.2, -0.15) is 0 Å². The Bertz CT molecular complexity index is 1260. The second-order valence-electron chi connectivity index (χ2n) is 25.6. The maximum absolute atomic E-state index is 12.9. The number of carbonyl (C=O) groups excluding carboxylic acids is 3. The SMILES string of the molecule is CCCCCCCCC/C=C\CCCCCCCCCC(=O)OC(COC(=O)CCCCCCCCCCCCCC)COC(=O)CCCCCCCCCCCCCCCCCCCCCCCCCCCCCCCCCCC. The predicted octanol–water partition coefficient (Wildman–Crippen LogP) is 25.6. The lowest BCUT2D eigenvalue weighted by Crippen LogP contribution is -2.30. The molecule has 0 spiro atoms. The largest absolute Gasteiger partial charge is 0.462 e. The highest BCUT2D eigenvalue weighted by Gasteiger charge is 2.20. The van der Waals surface area contributed by atoms with Crippen LogP contribution in [-0.2, 0) is 28.6 Å². The molecule has 0 aliphatic carbocycles. The summed E-state index contributed by atoms with van der Waals surface area (Å²) in [6, 6.07) is 0. The van der Waals surface area contributed by atoms with Gasteiger partial charge in [0, 0.05) is 19.3 Å². The van der Waals surface area contributed by atoms with Gasteiger partial charge < -0.3 is 14.2 Å². The summed E-state index contributed by atoms with van der Waals surface area (Å²) in [5.74, 6) is -0.836. The fourth-order valence-corrected chi connectivity index (χ4v) is 11.7. The van der Waals surface area contributed by atoms with Gasteiger partial charge in [-0.15, -0.1) is 0 Å². The van der Waals surface area contributed by atoms with Crippen molar-refractivity contribution in [1.82, 2.24) is 0 Å². The quantitative estimate of drug-likeness (QED) is 0.0261. The lowest BCUT2D eigenvalue weighted by molar-refractivity contribution is -0.167. The highest BCUT2D eigenvalue weighted by atomic mass is 16.6. The zero-order valence-corrected chi connectivity index (χ0v) is 55.4. The van der Waals surface area contributed by atoms with E-state index in [1.165, 1.54) is 334 Å². The van der Waals surface area contributed by atoms with E-state index in [-0.39, 0.29) is 31.1 Å². The number of carbonyl (C=O) groups is 3. The summed E-state index contributed by atoms with van der Waals surface area (Å²) < 4.78 is 17.0. The van der Waals surface area contributed by atoms with Crippen LogP contribution in [0.4, 0.5) is 0 Å². The lowest BCUT2D eigenvalue weighted by Gasteiger charge is -2.18. The molecule has 1 atom stereocenters. The molecule has 0 aromatic carbocycles. The third kappa shape index (κ3) is 68.8. The highest BCUT2D eigenvalue weighted by molar-refractivity contribution is 5.71. The third-order valence-electron chi connectivity index (χ3n) is 17.3. The zero-order chi connectivity index (χ0) is 58.5. The van der Waals surface area contributed by atoms with Gasteiger partial charge in [-0.05, 0) is 44.9 Å². The molecule has 1 unspecified atom stereocenters.